The summed E-state index contributed by atoms with van der Waals surface area (Å²) in [6.45, 7) is 3.42. The van der Waals surface area contributed by atoms with Crippen LogP contribution in [0, 0.1) is 6.92 Å². The Kier molecular flexibility index (Phi) is 4.11. The number of rotatable bonds is 3. The van der Waals surface area contributed by atoms with Crippen molar-refractivity contribution in [3.8, 4) is 5.69 Å². The van der Waals surface area contributed by atoms with Crippen molar-refractivity contribution in [3.05, 3.63) is 44.9 Å². The quantitative estimate of drug-likeness (QED) is 0.658. The number of hydrogen-bond donors (Lipinski definition) is 0. The van der Waals surface area contributed by atoms with E-state index in [2.05, 4.69) is 25.9 Å². The molecule has 0 aliphatic heterocycles. The maximum absolute atomic E-state index is 12.7. The first-order valence-corrected chi connectivity index (χ1v) is 9.97. The average molecular weight is 414 g/mol. The van der Waals surface area contributed by atoms with Crippen molar-refractivity contribution in [2.24, 2.45) is 0 Å². The highest BCUT2D eigenvalue weighted by Crippen LogP contribution is 2.26. The number of sulfone groups is 1. The second-order valence-electron chi connectivity index (χ2n) is 4.86. The fraction of sp³-hybridized carbons (Fsp3) is 0.214. The van der Waals surface area contributed by atoms with Crippen molar-refractivity contribution < 1.29 is 8.42 Å². The molecule has 1 aromatic carbocycles. The Morgan fingerprint density at radius 1 is 1.35 bits per heavy atom. The monoisotopic (exact) mass is 413 g/mol. The van der Waals surface area contributed by atoms with E-state index in [0.717, 1.165) is 21.4 Å². The minimum Gasteiger partial charge on any atom is -0.267 e. The lowest BCUT2D eigenvalue weighted by atomic mass is 10.2. The van der Waals surface area contributed by atoms with Gasteiger partial charge >= 0.3 is 0 Å². The summed E-state index contributed by atoms with van der Waals surface area (Å²) in [6.07, 6.45) is 1.37. The summed E-state index contributed by atoms with van der Waals surface area (Å²) in [5, 5.41) is 0. The van der Waals surface area contributed by atoms with Gasteiger partial charge in [-0.05, 0) is 34.5 Å². The van der Waals surface area contributed by atoms with Gasteiger partial charge in [0.25, 0.3) is 5.56 Å². The zero-order valence-corrected chi connectivity index (χ0v) is 15.5. The molecule has 0 aliphatic carbocycles. The summed E-state index contributed by atoms with van der Waals surface area (Å²) in [7, 11) is -3.46. The van der Waals surface area contributed by atoms with Gasteiger partial charge in [0.05, 0.1) is 11.4 Å². The topological polar surface area (TPSA) is 81.9 Å². The van der Waals surface area contributed by atoms with E-state index in [-0.39, 0.29) is 26.0 Å². The molecule has 9 heteroatoms. The van der Waals surface area contributed by atoms with Gasteiger partial charge in [0.15, 0.2) is 5.65 Å². The van der Waals surface area contributed by atoms with Gasteiger partial charge in [0.1, 0.15) is 11.0 Å². The number of para-hydroxylation sites is 1. The molecule has 0 fully saturated rings. The van der Waals surface area contributed by atoms with Crippen molar-refractivity contribution >= 4 is 47.5 Å². The largest absolute Gasteiger partial charge is 0.277 e. The summed E-state index contributed by atoms with van der Waals surface area (Å²) in [6, 6.07) is 5.59. The molecule has 120 valence electrons. The number of hydrogen-bond acceptors (Lipinski definition) is 6. The minimum absolute atomic E-state index is 0.0651. The van der Waals surface area contributed by atoms with E-state index in [1.165, 1.54) is 17.8 Å². The maximum Gasteiger partial charge on any atom is 0.277 e. The van der Waals surface area contributed by atoms with Gasteiger partial charge in [-0.2, -0.15) is 0 Å². The second kappa shape index (κ2) is 5.81. The van der Waals surface area contributed by atoms with Gasteiger partial charge in [-0.3, -0.25) is 9.36 Å². The molecule has 0 radical (unpaired) electrons. The van der Waals surface area contributed by atoms with Crippen LogP contribution in [0.3, 0.4) is 0 Å². The van der Waals surface area contributed by atoms with Crippen LogP contribution in [0.25, 0.3) is 16.0 Å². The molecule has 2 heterocycles. The summed E-state index contributed by atoms with van der Waals surface area (Å²) >= 11 is 4.30. The molecule has 0 unspecified atom stereocenters. The van der Waals surface area contributed by atoms with Gasteiger partial charge in [0, 0.05) is 4.47 Å². The average Bonchev–Trinajstić information content (AvgIpc) is 2.95. The number of halogens is 1. The van der Waals surface area contributed by atoms with E-state index < -0.39 is 9.84 Å². The van der Waals surface area contributed by atoms with E-state index in [1.807, 2.05) is 25.1 Å². The van der Waals surface area contributed by atoms with E-state index in [4.69, 9.17) is 0 Å². The highest BCUT2D eigenvalue weighted by Gasteiger charge is 2.21. The highest BCUT2D eigenvalue weighted by molar-refractivity contribution is 9.10. The Morgan fingerprint density at radius 2 is 2.09 bits per heavy atom. The third-order valence-corrected chi connectivity index (χ3v) is 7.24. The molecular weight excluding hydrogens is 402 g/mol. The number of fused-ring (bicyclic) bond motifs is 1. The van der Waals surface area contributed by atoms with Crippen LogP contribution in [-0.4, -0.2) is 28.7 Å². The smallest absolute Gasteiger partial charge is 0.267 e. The molecule has 0 aliphatic rings. The molecule has 0 N–H and O–H groups in total. The normalized spacial score (nSPS) is 12.0. The molecule has 0 spiro atoms. The van der Waals surface area contributed by atoms with E-state index >= 15 is 0 Å². The third-order valence-electron chi connectivity index (χ3n) is 3.37. The van der Waals surface area contributed by atoms with Gasteiger partial charge < -0.3 is 0 Å². The highest BCUT2D eigenvalue weighted by atomic mass is 79.9. The summed E-state index contributed by atoms with van der Waals surface area (Å²) in [5.41, 5.74) is 1.40. The first kappa shape index (κ1) is 16.3. The molecule has 6 nitrogen and oxygen atoms in total. The Morgan fingerprint density at radius 3 is 2.74 bits per heavy atom. The van der Waals surface area contributed by atoms with Crippen LogP contribution in [0.15, 0.2) is 38.1 Å². The molecule has 3 rings (SSSR count). The first-order valence-electron chi connectivity index (χ1n) is 6.71. The van der Waals surface area contributed by atoms with E-state index in [0.29, 0.717) is 5.69 Å². The van der Waals surface area contributed by atoms with Crippen LogP contribution in [0.1, 0.15) is 12.5 Å². The fourth-order valence-corrected chi connectivity index (χ4v) is 5.06. The van der Waals surface area contributed by atoms with Gasteiger partial charge in [-0.15, -0.1) is 0 Å². The van der Waals surface area contributed by atoms with Crippen LogP contribution in [0.2, 0.25) is 0 Å². The molecular formula is C14H12BrN3O3S2. The summed E-state index contributed by atoms with van der Waals surface area (Å²) in [5.74, 6) is -0.0651. The van der Waals surface area contributed by atoms with Gasteiger partial charge in [0.2, 0.25) is 14.2 Å². The van der Waals surface area contributed by atoms with Crippen molar-refractivity contribution in [3.63, 3.8) is 0 Å². The lowest BCUT2D eigenvalue weighted by Gasteiger charge is -2.10. The Balaban J connectivity index is 2.31. The predicted molar refractivity (Wildman–Crippen MR) is 93.2 cm³/mol. The number of nitrogens with zero attached hydrogens (tertiary/aromatic N) is 3. The number of thiazole rings is 1. The zero-order chi connectivity index (χ0) is 16.8. The Labute approximate surface area is 144 Å². The minimum atomic E-state index is -3.46. The SMILES string of the molecule is CCS(=O)(=O)c1nc2ncn(-c3c(C)cccc3Br)c(=O)c2s1. The van der Waals surface area contributed by atoms with Crippen LogP contribution in [0.4, 0.5) is 0 Å². The molecule has 0 atom stereocenters. The zero-order valence-electron chi connectivity index (χ0n) is 12.3. The molecule has 23 heavy (non-hydrogen) atoms. The van der Waals surface area contributed by atoms with Crippen LogP contribution < -0.4 is 5.56 Å². The molecule has 3 aromatic rings. The lowest BCUT2D eigenvalue weighted by Crippen LogP contribution is -2.19. The van der Waals surface area contributed by atoms with Crippen molar-refractivity contribution in [1.82, 2.24) is 14.5 Å². The van der Waals surface area contributed by atoms with Gasteiger partial charge in [-0.1, -0.05) is 30.4 Å². The van der Waals surface area contributed by atoms with Gasteiger partial charge in [-0.25, -0.2) is 18.4 Å². The fourth-order valence-electron chi connectivity index (χ4n) is 2.14. The lowest BCUT2D eigenvalue weighted by molar-refractivity contribution is 0.596. The predicted octanol–water partition coefficient (Wildman–Crippen LogP) is 2.71. The summed E-state index contributed by atoms with van der Waals surface area (Å²) < 4.78 is 26.2. The Bertz CT molecular complexity index is 1050. The maximum atomic E-state index is 12.7. The third kappa shape index (κ3) is 2.73. The van der Waals surface area contributed by atoms with Crippen molar-refractivity contribution in [2.75, 3.05) is 5.75 Å². The van der Waals surface area contributed by atoms with E-state index in [1.54, 1.807) is 0 Å². The molecule has 0 saturated carbocycles. The molecule has 0 amide bonds. The second-order valence-corrected chi connectivity index (χ2v) is 9.17. The van der Waals surface area contributed by atoms with Crippen LogP contribution >= 0.6 is 27.3 Å². The number of benzene rings is 1. The molecule has 2 aromatic heterocycles. The summed E-state index contributed by atoms with van der Waals surface area (Å²) in [4.78, 5) is 20.9. The molecule has 0 bridgehead atoms. The Hall–Kier alpha value is -1.58. The van der Waals surface area contributed by atoms with Crippen LogP contribution in [0.5, 0.6) is 0 Å². The standard InChI is InChI=1S/C14H12BrN3O3S2/c1-3-23(20,21)14-17-12-11(22-14)13(19)18(7-16-12)10-8(2)5-4-6-9(10)15/h4-7H,3H2,1-2H3. The number of aromatic nitrogens is 3. The van der Waals surface area contributed by atoms with Crippen LogP contribution in [-0.2, 0) is 9.84 Å². The number of aryl methyl sites for hydroxylation is 1. The van der Waals surface area contributed by atoms with Crippen molar-refractivity contribution in [2.45, 2.75) is 18.2 Å². The van der Waals surface area contributed by atoms with E-state index in [9.17, 15) is 13.2 Å². The van der Waals surface area contributed by atoms with Crippen molar-refractivity contribution in [1.29, 1.82) is 0 Å². The molecule has 0 saturated heterocycles. The first-order chi connectivity index (χ1) is 10.8.